The molecule has 2 aromatic carbocycles. The first kappa shape index (κ1) is 19.6. The molecule has 6 heteroatoms. The van der Waals surface area contributed by atoms with Crippen LogP contribution in [0, 0.1) is 6.92 Å². The summed E-state index contributed by atoms with van der Waals surface area (Å²) in [5.74, 6) is -0.828. The van der Waals surface area contributed by atoms with Gasteiger partial charge in [0.15, 0.2) is 5.78 Å². The smallest absolute Gasteiger partial charge is 0.251 e. The summed E-state index contributed by atoms with van der Waals surface area (Å²) in [5.41, 5.74) is 3.09. The molecule has 134 valence electrons. The Morgan fingerprint density at radius 3 is 2.19 bits per heavy atom. The summed E-state index contributed by atoms with van der Waals surface area (Å²) in [5, 5.41) is 5.42. The number of nitrogens with one attached hydrogen (secondary N) is 2. The maximum atomic E-state index is 12.2. The molecule has 0 saturated carbocycles. The number of amides is 2. The number of anilines is 2. The van der Waals surface area contributed by atoms with Gasteiger partial charge in [-0.05, 0) is 78.7 Å². The number of carbonyl (C=O) groups is 3. The monoisotopic (exact) mass is 414 g/mol. The van der Waals surface area contributed by atoms with Crippen molar-refractivity contribution in [1.29, 1.82) is 0 Å². The Morgan fingerprint density at radius 1 is 0.962 bits per heavy atom. The third kappa shape index (κ3) is 5.39. The van der Waals surface area contributed by atoms with Crippen LogP contribution in [0.3, 0.4) is 0 Å². The van der Waals surface area contributed by atoms with Gasteiger partial charge < -0.3 is 10.6 Å². The predicted molar refractivity (Wildman–Crippen MR) is 106 cm³/mol. The number of benzene rings is 2. The molecule has 0 aliphatic carbocycles. The molecule has 0 aromatic heterocycles. The molecule has 0 saturated heterocycles. The molecular weight excluding hydrogens is 396 g/mol. The van der Waals surface area contributed by atoms with E-state index in [1.807, 2.05) is 19.1 Å². The summed E-state index contributed by atoms with van der Waals surface area (Å²) in [6, 6.07) is 12.1. The second-order valence-electron chi connectivity index (χ2n) is 5.89. The molecule has 0 heterocycles. The van der Waals surface area contributed by atoms with Crippen molar-refractivity contribution >= 4 is 44.9 Å². The van der Waals surface area contributed by atoms with Crippen molar-refractivity contribution in [2.45, 2.75) is 20.8 Å². The van der Waals surface area contributed by atoms with Gasteiger partial charge >= 0.3 is 0 Å². The zero-order chi connectivity index (χ0) is 19.3. The Hall–Kier alpha value is -2.73. The Kier molecular flexibility index (Phi) is 6.46. The fourth-order valence-corrected chi connectivity index (χ4v) is 2.76. The average molecular weight is 415 g/mol. The largest absolute Gasteiger partial charge is 0.323 e. The highest BCUT2D eigenvalue weighted by Crippen LogP contribution is 2.23. The summed E-state index contributed by atoms with van der Waals surface area (Å²) in [4.78, 5) is 35.6. The van der Waals surface area contributed by atoms with Crippen LogP contribution in [-0.4, -0.2) is 17.6 Å². The number of hydrogen-bond acceptors (Lipinski definition) is 3. The molecule has 2 rings (SSSR count). The fraction of sp³-hybridized carbons (Fsp3) is 0.150. The fourth-order valence-electron chi connectivity index (χ4n) is 2.17. The molecule has 2 N–H and O–H groups in total. The van der Waals surface area contributed by atoms with Crippen LogP contribution >= 0.6 is 15.9 Å². The first-order chi connectivity index (χ1) is 12.3. The standard InChI is InChI=1S/C20H19BrN2O3/c1-12-4-9-18(17(21)10-12)23-20(26)13(2)11-19(25)22-16-7-5-15(6-8-16)14(3)24/h4-11H,1-3H3,(H,22,25)(H,23,26)/b13-11-. The van der Waals surface area contributed by atoms with E-state index in [1.165, 1.54) is 13.0 Å². The van der Waals surface area contributed by atoms with E-state index in [-0.39, 0.29) is 17.3 Å². The van der Waals surface area contributed by atoms with Gasteiger partial charge in [0.25, 0.3) is 5.91 Å². The molecule has 0 aliphatic rings. The van der Waals surface area contributed by atoms with Crippen LogP contribution in [0.4, 0.5) is 11.4 Å². The van der Waals surface area contributed by atoms with E-state index < -0.39 is 5.91 Å². The van der Waals surface area contributed by atoms with Gasteiger partial charge in [-0.3, -0.25) is 14.4 Å². The highest BCUT2D eigenvalue weighted by atomic mass is 79.9. The summed E-state index contributed by atoms with van der Waals surface area (Å²) >= 11 is 3.40. The molecule has 2 aromatic rings. The number of rotatable bonds is 5. The number of halogens is 1. The molecule has 0 atom stereocenters. The van der Waals surface area contributed by atoms with Crippen LogP contribution in [0.2, 0.25) is 0 Å². The van der Waals surface area contributed by atoms with Crippen molar-refractivity contribution in [3.63, 3.8) is 0 Å². The molecule has 2 amide bonds. The Morgan fingerprint density at radius 2 is 1.62 bits per heavy atom. The van der Waals surface area contributed by atoms with E-state index in [0.717, 1.165) is 10.0 Å². The lowest BCUT2D eigenvalue weighted by Gasteiger charge is -2.09. The normalized spacial score (nSPS) is 11.0. The molecule has 26 heavy (non-hydrogen) atoms. The summed E-state index contributed by atoms with van der Waals surface area (Å²) in [7, 11) is 0. The van der Waals surface area contributed by atoms with Gasteiger partial charge in [0, 0.05) is 27.4 Å². The average Bonchev–Trinajstić information content (AvgIpc) is 2.57. The van der Waals surface area contributed by atoms with Crippen LogP contribution in [-0.2, 0) is 9.59 Å². The third-order valence-corrected chi connectivity index (χ3v) is 4.29. The van der Waals surface area contributed by atoms with Crippen LogP contribution in [0.25, 0.3) is 0 Å². The van der Waals surface area contributed by atoms with E-state index in [1.54, 1.807) is 37.3 Å². The molecule has 0 spiro atoms. The minimum absolute atomic E-state index is 0.0439. The van der Waals surface area contributed by atoms with Gasteiger partial charge in [-0.25, -0.2) is 0 Å². The minimum Gasteiger partial charge on any atom is -0.323 e. The molecule has 0 bridgehead atoms. The first-order valence-corrected chi connectivity index (χ1v) is 8.73. The van der Waals surface area contributed by atoms with Crippen molar-refractivity contribution in [2.75, 3.05) is 10.6 Å². The highest BCUT2D eigenvalue weighted by Gasteiger charge is 2.10. The Balaban J connectivity index is 2.01. The summed E-state index contributed by atoms with van der Waals surface area (Å²) in [6.07, 6.45) is 1.23. The van der Waals surface area contributed by atoms with Crippen molar-refractivity contribution in [3.8, 4) is 0 Å². The van der Waals surface area contributed by atoms with Gasteiger partial charge in [-0.15, -0.1) is 0 Å². The zero-order valence-electron chi connectivity index (χ0n) is 14.7. The summed E-state index contributed by atoms with van der Waals surface area (Å²) in [6.45, 7) is 5.00. The zero-order valence-corrected chi connectivity index (χ0v) is 16.3. The van der Waals surface area contributed by atoms with Gasteiger partial charge in [-0.1, -0.05) is 6.07 Å². The van der Waals surface area contributed by atoms with E-state index in [0.29, 0.717) is 16.9 Å². The van der Waals surface area contributed by atoms with Crippen molar-refractivity contribution < 1.29 is 14.4 Å². The van der Waals surface area contributed by atoms with Crippen LogP contribution in [0.1, 0.15) is 29.8 Å². The number of hydrogen-bond donors (Lipinski definition) is 2. The molecule has 0 fully saturated rings. The van der Waals surface area contributed by atoms with Crippen LogP contribution < -0.4 is 10.6 Å². The van der Waals surface area contributed by atoms with E-state index in [2.05, 4.69) is 26.6 Å². The van der Waals surface area contributed by atoms with Crippen molar-refractivity contribution in [1.82, 2.24) is 0 Å². The quantitative estimate of drug-likeness (QED) is 0.559. The Labute approximate surface area is 160 Å². The molecular formula is C20H19BrN2O3. The van der Waals surface area contributed by atoms with Crippen molar-refractivity contribution in [2.24, 2.45) is 0 Å². The SMILES string of the molecule is CC(=O)c1ccc(NC(=O)/C=C(/C)C(=O)Nc2ccc(C)cc2Br)cc1. The lowest BCUT2D eigenvalue weighted by atomic mass is 10.1. The maximum Gasteiger partial charge on any atom is 0.251 e. The minimum atomic E-state index is -0.420. The topological polar surface area (TPSA) is 75.3 Å². The van der Waals surface area contributed by atoms with Gasteiger partial charge in [-0.2, -0.15) is 0 Å². The molecule has 5 nitrogen and oxygen atoms in total. The number of aryl methyl sites for hydroxylation is 1. The van der Waals surface area contributed by atoms with Crippen LogP contribution in [0.15, 0.2) is 58.6 Å². The molecule has 0 aliphatic heterocycles. The van der Waals surface area contributed by atoms with Crippen LogP contribution in [0.5, 0.6) is 0 Å². The van der Waals surface area contributed by atoms with E-state index in [9.17, 15) is 14.4 Å². The van der Waals surface area contributed by atoms with E-state index in [4.69, 9.17) is 0 Å². The first-order valence-electron chi connectivity index (χ1n) is 7.94. The summed E-state index contributed by atoms with van der Waals surface area (Å²) < 4.78 is 0.772. The van der Waals surface area contributed by atoms with Gasteiger partial charge in [0.2, 0.25) is 5.91 Å². The number of carbonyl (C=O) groups excluding carboxylic acids is 3. The van der Waals surface area contributed by atoms with Crippen molar-refractivity contribution in [3.05, 3.63) is 69.7 Å². The lowest BCUT2D eigenvalue weighted by molar-refractivity contribution is -0.114. The van der Waals surface area contributed by atoms with Gasteiger partial charge in [0.1, 0.15) is 0 Å². The maximum absolute atomic E-state index is 12.2. The second kappa shape index (κ2) is 8.58. The predicted octanol–water partition coefficient (Wildman–Crippen LogP) is 4.48. The lowest BCUT2D eigenvalue weighted by Crippen LogP contribution is -2.16. The van der Waals surface area contributed by atoms with Gasteiger partial charge in [0.05, 0.1) is 5.69 Å². The highest BCUT2D eigenvalue weighted by molar-refractivity contribution is 9.10. The molecule has 0 radical (unpaired) electrons. The molecule has 0 unspecified atom stereocenters. The third-order valence-electron chi connectivity index (χ3n) is 3.64. The number of Topliss-reactive ketones (excluding diaryl/α,β-unsaturated/α-hetero) is 1. The number of ketones is 1. The van der Waals surface area contributed by atoms with E-state index >= 15 is 0 Å². The Bertz CT molecular complexity index is 886. The second-order valence-corrected chi connectivity index (χ2v) is 6.74.